The van der Waals surface area contributed by atoms with Crippen LogP contribution in [0.15, 0.2) is 36.4 Å². The monoisotopic (exact) mass is 205 g/mol. The second-order valence-electron chi connectivity index (χ2n) is 3.19. The van der Waals surface area contributed by atoms with Crippen molar-refractivity contribution in [2.75, 3.05) is 11.9 Å². The molecule has 0 saturated heterocycles. The minimum atomic E-state index is -0.167. The molecule has 0 aliphatic rings. The fourth-order valence-corrected chi connectivity index (χ4v) is 1.04. The van der Waals surface area contributed by atoms with Gasteiger partial charge in [0.05, 0.1) is 6.61 Å². The van der Waals surface area contributed by atoms with E-state index in [0.717, 1.165) is 11.4 Å². The second kappa shape index (κ2) is 5.20. The molecule has 1 aromatic carbocycles. The molecule has 0 saturated carbocycles. The highest BCUT2D eigenvalue weighted by molar-refractivity contribution is 6.02. The summed E-state index contributed by atoms with van der Waals surface area (Å²) in [6.07, 6.45) is 0. The molecule has 1 amide bonds. The Labute approximate surface area is 89.8 Å². The average molecular weight is 205 g/mol. The topological polar surface area (TPSA) is 38.3 Å². The van der Waals surface area contributed by atoms with Crippen LogP contribution in [0.5, 0.6) is 5.75 Å². The van der Waals surface area contributed by atoms with E-state index in [1.54, 1.807) is 19.1 Å². The molecule has 0 heterocycles. The van der Waals surface area contributed by atoms with Crippen LogP contribution in [0.4, 0.5) is 5.69 Å². The molecule has 1 aromatic rings. The van der Waals surface area contributed by atoms with E-state index in [1.807, 2.05) is 19.1 Å². The maximum atomic E-state index is 11.3. The van der Waals surface area contributed by atoms with Crippen LogP contribution in [-0.2, 0) is 4.79 Å². The van der Waals surface area contributed by atoms with Gasteiger partial charge in [-0.1, -0.05) is 6.58 Å². The summed E-state index contributed by atoms with van der Waals surface area (Å²) >= 11 is 0. The summed E-state index contributed by atoms with van der Waals surface area (Å²) in [6.45, 7) is 7.80. The zero-order valence-corrected chi connectivity index (χ0v) is 9.04. The highest BCUT2D eigenvalue weighted by atomic mass is 16.5. The summed E-state index contributed by atoms with van der Waals surface area (Å²) < 4.78 is 5.28. The van der Waals surface area contributed by atoms with Crippen molar-refractivity contribution < 1.29 is 9.53 Å². The number of nitrogens with one attached hydrogen (secondary N) is 1. The third-order valence-corrected chi connectivity index (χ3v) is 1.81. The zero-order chi connectivity index (χ0) is 11.3. The Morgan fingerprint density at radius 1 is 1.40 bits per heavy atom. The lowest BCUT2D eigenvalue weighted by Crippen LogP contribution is -2.11. The Hall–Kier alpha value is -1.77. The summed E-state index contributed by atoms with van der Waals surface area (Å²) in [6, 6.07) is 7.23. The molecule has 0 aliphatic carbocycles. The first kappa shape index (κ1) is 11.3. The number of ether oxygens (including phenoxy) is 1. The van der Waals surface area contributed by atoms with Crippen molar-refractivity contribution in [2.45, 2.75) is 13.8 Å². The quantitative estimate of drug-likeness (QED) is 0.767. The average Bonchev–Trinajstić information content (AvgIpc) is 2.21. The molecule has 0 unspecified atom stereocenters. The molecule has 1 N–H and O–H groups in total. The molecule has 0 radical (unpaired) electrons. The van der Waals surface area contributed by atoms with Crippen molar-refractivity contribution in [2.24, 2.45) is 0 Å². The summed E-state index contributed by atoms with van der Waals surface area (Å²) in [4.78, 5) is 11.3. The predicted molar refractivity (Wildman–Crippen MR) is 61.1 cm³/mol. The van der Waals surface area contributed by atoms with Gasteiger partial charge in [-0.2, -0.15) is 0 Å². The molecule has 0 aromatic heterocycles. The Balaban J connectivity index is 2.64. The number of rotatable bonds is 4. The van der Waals surface area contributed by atoms with Gasteiger partial charge < -0.3 is 10.1 Å². The van der Waals surface area contributed by atoms with Gasteiger partial charge in [-0.3, -0.25) is 4.79 Å². The molecule has 1 rings (SSSR count). The van der Waals surface area contributed by atoms with Crippen molar-refractivity contribution >= 4 is 11.6 Å². The summed E-state index contributed by atoms with van der Waals surface area (Å²) in [5.74, 6) is 0.630. The van der Waals surface area contributed by atoms with Gasteiger partial charge in [0.15, 0.2) is 0 Å². The summed E-state index contributed by atoms with van der Waals surface area (Å²) in [7, 11) is 0. The lowest BCUT2D eigenvalue weighted by Gasteiger charge is -2.06. The van der Waals surface area contributed by atoms with E-state index < -0.39 is 0 Å². The molecule has 0 bridgehead atoms. The molecular formula is C12H15NO2. The molecule has 3 nitrogen and oxygen atoms in total. The Morgan fingerprint density at radius 2 is 2.00 bits per heavy atom. The van der Waals surface area contributed by atoms with Crippen molar-refractivity contribution in [1.82, 2.24) is 0 Å². The maximum Gasteiger partial charge on any atom is 0.250 e. The second-order valence-corrected chi connectivity index (χ2v) is 3.19. The lowest BCUT2D eigenvalue weighted by molar-refractivity contribution is -0.112. The number of hydrogen-bond donors (Lipinski definition) is 1. The minimum absolute atomic E-state index is 0.167. The van der Waals surface area contributed by atoms with E-state index in [2.05, 4.69) is 11.9 Å². The molecular weight excluding hydrogens is 190 g/mol. The maximum absolute atomic E-state index is 11.3. The Bertz CT molecular complexity index is 354. The number of anilines is 1. The minimum Gasteiger partial charge on any atom is -0.494 e. The third kappa shape index (κ3) is 3.46. The zero-order valence-electron chi connectivity index (χ0n) is 9.04. The fraction of sp³-hybridized carbons (Fsp3) is 0.250. The first-order chi connectivity index (χ1) is 7.13. The molecule has 0 aliphatic heterocycles. The van der Waals surface area contributed by atoms with Crippen LogP contribution in [-0.4, -0.2) is 12.5 Å². The fourth-order valence-electron chi connectivity index (χ4n) is 1.04. The summed E-state index contributed by atoms with van der Waals surface area (Å²) in [5.41, 5.74) is 1.23. The molecule has 0 spiro atoms. The van der Waals surface area contributed by atoms with Crippen molar-refractivity contribution in [3.05, 3.63) is 36.4 Å². The molecule has 3 heteroatoms. The van der Waals surface area contributed by atoms with Crippen molar-refractivity contribution in [3.63, 3.8) is 0 Å². The van der Waals surface area contributed by atoms with E-state index in [4.69, 9.17) is 4.74 Å². The van der Waals surface area contributed by atoms with Gasteiger partial charge in [0.1, 0.15) is 5.75 Å². The molecule has 0 fully saturated rings. The summed E-state index contributed by atoms with van der Waals surface area (Å²) in [5, 5.41) is 2.72. The van der Waals surface area contributed by atoms with Gasteiger partial charge in [0.2, 0.25) is 0 Å². The normalized spacial score (nSPS) is 9.47. The number of benzene rings is 1. The van der Waals surface area contributed by atoms with E-state index in [9.17, 15) is 4.79 Å². The van der Waals surface area contributed by atoms with E-state index in [-0.39, 0.29) is 5.91 Å². The number of hydrogen-bond acceptors (Lipinski definition) is 2. The third-order valence-electron chi connectivity index (χ3n) is 1.81. The van der Waals surface area contributed by atoms with Gasteiger partial charge in [0, 0.05) is 11.3 Å². The van der Waals surface area contributed by atoms with E-state index >= 15 is 0 Å². The van der Waals surface area contributed by atoms with Crippen LogP contribution in [0, 0.1) is 0 Å². The van der Waals surface area contributed by atoms with Gasteiger partial charge in [0.25, 0.3) is 5.91 Å². The van der Waals surface area contributed by atoms with Gasteiger partial charge in [-0.15, -0.1) is 0 Å². The largest absolute Gasteiger partial charge is 0.494 e. The van der Waals surface area contributed by atoms with Crippen LogP contribution < -0.4 is 10.1 Å². The van der Waals surface area contributed by atoms with E-state index in [0.29, 0.717) is 12.2 Å². The van der Waals surface area contributed by atoms with E-state index in [1.165, 1.54) is 0 Å². The number of carbonyl (C=O) groups is 1. The van der Waals surface area contributed by atoms with Crippen LogP contribution in [0.1, 0.15) is 13.8 Å². The van der Waals surface area contributed by atoms with Crippen LogP contribution in [0.3, 0.4) is 0 Å². The smallest absolute Gasteiger partial charge is 0.250 e. The first-order valence-corrected chi connectivity index (χ1v) is 4.83. The van der Waals surface area contributed by atoms with Gasteiger partial charge in [-0.25, -0.2) is 0 Å². The Kier molecular flexibility index (Phi) is 3.92. The molecule has 0 atom stereocenters. The van der Waals surface area contributed by atoms with Gasteiger partial charge in [-0.05, 0) is 38.1 Å². The van der Waals surface area contributed by atoms with Crippen LogP contribution in [0.2, 0.25) is 0 Å². The SMILES string of the molecule is C=C(C)C(=O)Nc1ccc(OCC)cc1. The first-order valence-electron chi connectivity index (χ1n) is 4.83. The highest BCUT2D eigenvalue weighted by Gasteiger charge is 2.01. The lowest BCUT2D eigenvalue weighted by atomic mass is 10.2. The Morgan fingerprint density at radius 3 is 2.47 bits per heavy atom. The van der Waals surface area contributed by atoms with Crippen LogP contribution in [0.25, 0.3) is 0 Å². The standard InChI is InChI=1S/C12H15NO2/c1-4-15-11-7-5-10(6-8-11)13-12(14)9(2)3/h5-8H,2,4H2,1,3H3,(H,13,14). The van der Waals surface area contributed by atoms with Crippen LogP contribution >= 0.6 is 0 Å². The number of carbonyl (C=O) groups excluding carboxylic acids is 1. The van der Waals surface area contributed by atoms with Gasteiger partial charge >= 0.3 is 0 Å². The van der Waals surface area contributed by atoms with Crippen molar-refractivity contribution in [3.8, 4) is 5.75 Å². The number of amides is 1. The predicted octanol–water partition coefficient (Wildman–Crippen LogP) is 2.60. The molecule has 15 heavy (non-hydrogen) atoms. The van der Waals surface area contributed by atoms with Crippen molar-refractivity contribution in [1.29, 1.82) is 0 Å². The molecule has 80 valence electrons. The highest BCUT2D eigenvalue weighted by Crippen LogP contribution is 2.15.